The second-order valence-electron chi connectivity index (χ2n) is 6.67. The van der Waals surface area contributed by atoms with E-state index in [1.54, 1.807) is 23.1 Å². The first-order valence-electron chi connectivity index (χ1n) is 8.98. The van der Waals surface area contributed by atoms with Gasteiger partial charge in [0.25, 0.3) is 10.7 Å². The molecule has 0 aliphatic carbocycles. The van der Waals surface area contributed by atoms with Crippen LogP contribution in [0.2, 0.25) is 0 Å². The summed E-state index contributed by atoms with van der Waals surface area (Å²) in [6.45, 7) is 5.24. The van der Waals surface area contributed by atoms with E-state index in [1.165, 1.54) is 12.1 Å². The first-order chi connectivity index (χ1) is 13.2. The summed E-state index contributed by atoms with van der Waals surface area (Å²) in [6, 6.07) is 10.3. The average molecular weight is 388 g/mol. The van der Waals surface area contributed by atoms with Crippen LogP contribution in [-0.2, 0) is 13.2 Å². The minimum Gasteiger partial charge on any atom is -0.459 e. The van der Waals surface area contributed by atoms with Crippen molar-refractivity contribution in [3.8, 4) is 11.7 Å². The predicted molar refractivity (Wildman–Crippen MR) is 101 cm³/mol. The largest absolute Gasteiger partial charge is 0.459 e. The van der Waals surface area contributed by atoms with Gasteiger partial charge in [0.05, 0.1) is 12.9 Å². The monoisotopic (exact) mass is 388 g/mol. The van der Waals surface area contributed by atoms with Gasteiger partial charge in [-0.15, -0.1) is 5.10 Å². The molecule has 1 aliphatic heterocycles. The van der Waals surface area contributed by atoms with Crippen molar-refractivity contribution in [1.29, 1.82) is 0 Å². The van der Waals surface area contributed by atoms with E-state index in [-0.39, 0.29) is 5.82 Å². The van der Waals surface area contributed by atoms with Crippen LogP contribution in [0.4, 0.5) is 4.39 Å². The van der Waals surface area contributed by atoms with Gasteiger partial charge >= 0.3 is 0 Å². The van der Waals surface area contributed by atoms with Crippen molar-refractivity contribution in [2.75, 3.05) is 26.2 Å². The number of furan rings is 1. The number of hydrogen-bond donors (Lipinski definition) is 0. The van der Waals surface area contributed by atoms with Crippen LogP contribution in [0.15, 0.2) is 51.5 Å². The Hall–Kier alpha value is -2.29. The SMILES string of the molecule is Fc1ccc(CN2CCCN(Cn3nc(-c4ccco4)oc3=S)CC2)cc1. The van der Waals surface area contributed by atoms with Crippen LogP contribution in [0, 0.1) is 10.7 Å². The number of hydrogen-bond acceptors (Lipinski definition) is 6. The molecule has 1 fully saturated rings. The van der Waals surface area contributed by atoms with Crippen LogP contribution in [0.25, 0.3) is 11.7 Å². The summed E-state index contributed by atoms with van der Waals surface area (Å²) >= 11 is 5.29. The number of aromatic nitrogens is 2. The van der Waals surface area contributed by atoms with Gasteiger partial charge in [-0.2, -0.15) is 0 Å². The Morgan fingerprint density at radius 1 is 1.04 bits per heavy atom. The lowest BCUT2D eigenvalue weighted by atomic mass is 10.2. The molecule has 8 heteroatoms. The fourth-order valence-corrected chi connectivity index (χ4v) is 3.43. The second kappa shape index (κ2) is 8.16. The minimum atomic E-state index is -0.195. The van der Waals surface area contributed by atoms with Crippen molar-refractivity contribution in [3.05, 3.63) is 58.9 Å². The molecule has 0 amide bonds. The van der Waals surface area contributed by atoms with E-state index in [2.05, 4.69) is 14.9 Å². The minimum absolute atomic E-state index is 0.195. The maximum Gasteiger partial charge on any atom is 0.288 e. The average Bonchev–Trinajstić information content (AvgIpc) is 3.25. The molecule has 0 spiro atoms. The molecule has 0 unspecified atom stereocenters. The first-order valence-corrected chi connectivity index (χ1v) is 9.39. The molecule has 0 atom stereocenters. The lowest BCUT2D eigenvalue weighted by molar-refractivity contribution is 0.202. The molecular weight excluding hydrogens is 367 g/mol. The molecule has 0 saturated carbocycles. The van der Waals surface area contributed by atoms with Gasteiger partial charge in [-0.1, -0.05) is 12.1 Å². The van der Waals surface area contributed by atoms with Crippen LogP contribution in [-0.4, -0.2) is 45.8 Å². The molecule has 0 N–H and O–H groups in total. The topological polar surface area (TPSA) is 50.6 Å². The molecule has 6 nitrogen and oxygen atoms in total. The molecule has 3 aromatic rings. The summed E-state index contributed by atoms with van der Waals surface area (Å²) in [5, 5.41) is 4.43. The Bertz CT molecular complexity index is 920. The Morgan fingerprint density at radius 2 is 1.81 bits per heavy atom. The lowest BCUT2D eigenvalue weighted by Gasteiger charge is -2.21. The molecule has 1 aromatic carbocycles. The van der Waals surface area contributed by atoms with Crippen LogP contribution in [0.5, 0.6) is 0 Å². The molecule has 142 valence electrons. The van der Waals surface area contributed by atoms with Gasteiger partial charge in [-0.25, -0.2) is 9.07 Å². The van der Waals surface area contributed by atoms with E-state index in [9.17, 15) is 4.39 Å². The van der Waals surface area contributed by atoms with Crippen molar-refractivity contribution in [1.82, 2.24) is 19.6 Å². The molecule has 3 heterocycles. The summed E-state index contributed by atoms with van der Waals surface area (Å²) in [5.41, 5.74) is 1.13. The quantitative estimate of drug-likeness (QED) is 0.620. The fraction of sp³-hybridized carbons (Fsp3) is 0.368. The Labute approximate surface area is 161 Å². The fourth-order valence-electron chi connectivity index (χ4n) is 3.26. The predicted octanol–water partition coefficient (Wildman–Crippen LogP) is 3.77. The molecule has 0 radical (unpaired) electrons. The van der Waals surface area contributed by atoms with Crippen molar-refractivity contribution >= 4 is 12.2 Å². The number of halogens is 1. The molecule has 2 aromatic heterocycles. The van der Waals surface area contributed by atoms with Gasteiger partial charge < -0.3 is 8.83 Å². The number of nitrogens with zero attached hydrogens (tertiary/aromatic N) is 4. The van der Waals surface area contributed by atoms with Crippen LogP contribution in [0.3, 0.4) is 0 Å². The normalized spacial score (nSPS) is 16.5. The zero-order chi connectivity index (χ0) is 18.6. The summed E-state index contributed by atoms with van der Waals surface area (Å²) in [5.74, 6) is 0.776. The van der Waals surface area contributed by atoms with E-state index in [1.807, 2.05) is 12.1 Å². The molecule has 1 saturated heterocycles. The highest BCUT2D eigenvalue weighted by molar-refractivity contribution is 7.71. The van der Waals surface area contributed by atoms with Gasteiger partial charge in [0.2, 0.25) is 0 Å². The van der Waals surface area contributed by atoms with E-state index in [4.69, 9.17) is 21.1 Å². The highest BCUT2D eigenvalue weighted by Gasteiger charge is 2.17. The Balaban J connectivity index is 1.36. The third-order valence-electron chi connectivity index (χ3n) is 4.67. The maximum atomic E-state index is 13.1. The highest BCUT2D eigenvalue weighted by atomic mass is 32.1. The maximum absolute atomic E-state index is 13.1. The van der Waals surface area contributed by atoms with Crippen molar-refractivity contribution < 1.29 is 13.2 Å². The van der Waals surface area contributed by atoms with E-state index < -0.39 is 0 Å². The lowest BCUT2D eigenvalue weighted by Crippen LogP contribution is -2.32. The van der Waals surface area contributed by atoms with E-state index in [0.717, 1.165) is 44.7 Å². The van der Waals surface area contributed by atoms with Gasteiger partial charge in [-0.05, 0) is 55.0 Å². The third-order valence-corrected chi connectivity index (χ3v) is 4.97. The van der Waals surface area contributed by atoms with Gasteiger partial charge in [-0.3, -0.25) is 9.80 Å². The number of rotatable bonds is 5. The smallest absolute Gasteiger partial charge is 0.288 e. The van der Waals surface area contributed by atoms with Crippen molar-refractivity contribution in [2.45, 2.75) is 19.6 Å². The second-order valence-corrected chi connectivity index (χ2v) is 7.01. The Kier molecular flexibility index (Phi) is 5.47. The summed E-state index contributed by atoms with van der Waals surface area (Å²) in [6.07, 6.45) is 2.63. The standard InChI is InChI=1S/C19H21FN4O2S/c20-16-6-4-15(5-7-16)13-22-8-2-9-23(11-10-22)14-24-19(27)26-18(21-24)17-3-1-12-25-17/h1,3-7,12H,2,8-11,13-14H2. The van der Waals surface area contributed by atoms with Gasteiger partial charge in [0, 0.05) is 26.2 Å². The molecule has 4 rings (SSSR count). The van der Waals surface area contributed by atoms with Crippen molar-refractivity contribution in [2.24, 2.45) is 0 Å². The molecule has 27 heavy (non-hydrogen) atoms. The van der Waals surface area contributed by atoms with Crippen LogP contribution >= 0.6 is 12.2 Å². The van der Waals surface area contributed by atoms with Crippen molar-refractivity contribution in [3.63, 3.8) is 0 Å². The zero-order valence-electron chi connectivity index (χ0n) is 14.9. The van der Waals surface area contributed by atoms with Gasteiger partial charge in [0.1, 0.15) is 5.82 Å². The van der Waals surface area contributed by atoms with E-state index in [0.29, 0.717) is 23.2 Å². The molecule has 0 bridgehead atoms. The van der Waals surface area contributed by atoms with Gasteiger partial charge in [0.15, 0.2) is 5.76 Å². The highest BCUT2D eigenvalue weighted by Crippen LogP contribution is 2.18. The number of benzene rings is 1. The van der Waals surface area contributed by atoms with E-state index >= 15 is 0 Å². The summed E-state index contributed by atoms with van der Waals surface area (Å²) < 4.78 is 25.6. The molecule has 1 aliphatic rings. The van der Waals surface area contributed by atoms with Crippen LogP contribution in [0.1, 0.15) is 12.0 Å². The van der Waals surface area contributed by atoms with Crippen LogP contribution < -0.4 is 0 Å². The summed E-state index contributed by atoms with van der Waals surface area (Å²) in [4.78, 5) is 5.05. The summed E-state index contributed by atoms with van der Waals surface area (Å²) in [7, 11) is 0. The third kappa shape index (κ3) is 4.52. The first kappa shape index (κ1) is 18.1. The Morgan fingerprint density at radius 3 is 2.59 bits per heavy atom. The molecular formula is C19H21FN4O2S. The zero-order valence-corrected chi connectivity index (χ0v) is 15.7.